The second-order valence-corrected chi connectivity index (χ2v) is 9.72. The molecule has 0 fully saturated rings. The molecule has 0 heterocycles. The van der Waals surface area contributed by atoms with Crippen LogP contribution >= 0.6 is 0 Å². The van der Waals surface area contributed by atoms with Crippen LogP contribution in [-0.2, 0) is 28.5 Å². The van der Waals surface area contributed by atoms with Gasteiger partial charge in [-0.3, -0.25) is 4.79 Å². The van der Waals surface area contributed by atoms with Gasteiger partial charge in [-0.2, -0.15) is 0 Å². The third-order valence-electron chi connectivity index (χ3n) is 5.18. The molecule has 0 unspecified atom stereocenters. The van der Waals surface area contributed by atoms with Crippen molar-refractivity contribution in [1.29, 1.82) is 0 Å². The van der Waals surface area contributed by atoms with Gasteiger partial charge < -0.3 is 33.7 Å². The Balaban J connectivity index is 1.98. The van der Waals surface area contributed by atoms with Crippen molar-refractivity contribution in [3.05, 3.63) is 29.8 Å². The Bertz CT molecular complexity index is 750. The van der Waals surface area contributed by atoms with Gasteiger partial charge in [-0.1, -0.05) is 18.6 Å². The average molecular weight is 526 g/mol. The van der Waals surface area contributed by atoms with Crippen LogP contribution in [0.4, 0.5) is 4.79 Å². The van der Waals surface area contributed by atoms with Crippen LogP contribution in [0.2, 0.25) is 0 Å². The standard InChI is InChI=1S/C28H47NO8/c1-23(29-27(31)37-28(2,3)4)24-12-10-13-25(22-24)36-17-9-7-6-8-15-33-18-20-35-21-19-34-16-11-14-26(30)32-5/h10,12-13,22-23H,6-9,11,14-21H2,1-5H3,(H,29,31)/t23-/m0/s1. The van der Waals surface area contributed by atoms with E-state index in [4.69, 9.17) is 23.7 Å². The highest BCUT2D eigenvalue weighted by Crippen LogP contribution is 2.20. The number of hydrogen-bond acceptors (Lipinski definition) is 8. The topological polar surface area (TPSA) is 102 Å². The van der Waals surface area contributed by atoms with E-state index in [9.17, 15) is 9.59 Å². The molecule has 1 amide bonds. The molecule has 212 valence electrons. The predicted molar refractivity (Wildman–Crippen MR) is 142 cm³/mol. The van der Waals surface area contributed by atoms with Gasteiger partial charge in [0.15, 0.2) is 0 Å². The Hall–Kier alpha value is -2.36. The van der Waals surface area contributed by atoms with E-state index in [0.29, 0.717) is 52.5 Å². The van der Waals surface area contributed by atoms with Gasteiger partial charge in [-0.05, 0) is 71.1 Å². The maximum absolute atomic E-state index is 12.0. The number of carbonyl (C=O) groups is 2. The smallest absolute Gasteiger partial charge is 0.408 e. The molecule has 0 radical (unpaired) electrons. The van der Waals surface area contributed by atoms with Crippen molar-refractivity contribution < 1.29 is 38.0 Å². The van der Waals surface area contributed by atoms with E-state index in [2.05, 4.69) is 10.1 Å². The molecule has 0 aromatic heterocycles. The summed E-state index contributed by atoms with van der Waals surface area (Å²) in [6.07, 6.45) is 4.74. The molecule has 0 saturated heterocycles. The second-order valence-electron chi connectivity index (χ2n) is 9.72. The van der Waals surface area contributed by atoms with E-state index in [1.165, 1.54) is 7.11 Å². The zero-order valence-corrected chi connectivity index (χ0v) is 23.3. The van der Waals surface area contributed by atoms with Crippen molar-refractivity contribution in [2.24, 2.45) is 0 Å². The van der Waals surface area contributed by atoms with Gasteiger partial charge >= 0.3 is 12.1 Å². The van der Waals surface area contributed by atoms with Crippen molar-refractivity contribution >= 4 is 12.1 Å². The lowest BCUT2D eigenvalue weighted by Crippen LogP contribution is -2.34. The lowest BCUT2D eigenvalue weighted by Gasteiger charge is -2.22. The Kier molecular flexibility index (Phi) is 17.4. The minimum absolute atomic E-state index is 0.179. The van der Waals surface area contributed by atoms with E-state index in [1.54, 1.807) is 0 Å². The first-order chi connectivity index (χ1) is 17.7. The Morgan fingerprint density at radius 3 is 2.05 bits per heavy atom. The van der Waals surface area contributed by atoms with Crippen LogP contribution in [0, 0.1) is 0 Å². The number of amides is 1. The predicted octanol–water partition coefficient (Wildman–Crippen LogP) is 5.21. The molecule has 9 nitrogen and oxygen atoms in total. The molecular formula is C28H47NO8. The normalized spacial score (nSPS) is 12.1. The summed E-state index contributed by atoms with van der Waals surface area (Å²) in [5.41, 5.74) is 0.438. The largest absolute Gasteiger partial charge is 0.494 e. The minimum Gasteiger partial charge on any atom is -0.494 e. The molecule has 0 bridgehead atoms. The van der Waals surface area contributed by atoms with Crippen LogP contribution in [-0.4, -0.2) is 71.0 Å². The monoisotopic (exact) mass is 525 g/mol. The fourth-order valence-corrected chi connectivity index (χ4v) is 3.25. The maximum Gasteiger partial charge on any atom is 0.408 e. The zero-order valence-electron chi connectivity index (χ0n) is 23.3. The molecular weight excluding hydrogens is 478 g/mol. The molecule has 0 aliphatic rings. The molecule has 1 atom stereocenters. The lowest BCUT2D eigenvalue weighted by atomic mass is 10.1. The van der Waals surface area contributed by atoms with E-state index >= 15 is 0 Å². The number of nitrogens with one attached hydrogen (secondary N) is 1. The van der Waals surface area contributed by atoms with Gasteiger partial charge in [-0.25, -0.2) is 4.79 Å². The molecule has 37 heavy (non-hydrogen) atoms. The van der Waals surface area contributed by atoms with Gasteiger partial charge in [0.2, 0.25) is 0 Å². The highest BCUT2D eigenvalue weighted by atomic mass is 16.6. The number of alkyl carbamates (subject to hydrolysis) is 1. The molecule has 1 rings (SSSR count). The summed E-state index contributed by atoms with van der Waals surface area (Å²) < 4.78 is 32.2. The van der Waals surface area contributed by atoms with Gasteiger partial charge in [0, 0.05) is 19.6 Å². The molecule has 0 spiro atoms. The molecule has 0 aliphatic heterocycles. The number of esters is 1. The van der Waals surface area contributed by atoms with Crippen LogP contribution in [0.15, 0.2) is 24.3 Å². The Morgan fingerprint density at radius 2 is 1.43 bits per heavy atom. The van der Waals surface area contributed by atoms with Crippen LogP contribution < -0.4 is 10.1 Å². The summed E-state index contributed by atoms with van der Waals surface area (Å²) in [4.78, 5) is 23.0. The third kappa shape index (κ3) is 18.5. The highest BCUT2D eigenvalue weighted by Gasteiger charge is 2.18. The minimum atomic E-state index is -0.527. The van der Waals surface area contributed by atoms with Crippen molar-refractivity contribution in [2.45, 2.75) is 77.9 Å². The first kappa shape index (κ1) is 32.7. The number of ether oxygens (including phenoxy) is 6. The first-order valence-corrected chi connectivity index (χ1v) is 13.2. The van der Waals surface area contributed by atoms with Gasteiger partial charge in [-0.15, -0.1) is 0 Å². The van der Waals surface area contributed by atoms with Gasteiger partial charge in [0.1, 0.15) is 11.4 Å². The summed E-state index contributed by atoms with van der Waals surface area (Å²) in [5, 5.41) is 2.85. The number of benzene rings is 1. The zero-order chi connectivity index (χ0) is 27.4. The maximum atomic E-state index is 12.0. The van der Waals surface area contributed by atoms with E-state index in [-0.39, 0.29) is 12.0 Å². The summed E-state index contributed by atoms with van der Waals surface area (Å²) in [7, 11) is 1.38. The lowest BCUT2D eigenvalue weighted by molar-refractivity contribution is -0.141. The first-order valence-electron chi connectivity index (χ1n) is 13.2. The van der Waals surface area contributed by atoms with Crippen molar-refractivity contribution in [2.75, 3.05) is 53.4 Å². The van der Waals surface area contributed by atoms with Gasteiger partial charge in [0.05, 0.1) is 46.2 Å². The molecule has 0 aliphatic carbocycles. The quantitative estimate of drug-likeness (QED) is 0.183. The van der Waals surface area contributed by atoms with Crippen LogP contribution in [0.1, 0.15) is 77.8 Å². The number of hydrogen-bond donors (Lipinski definition) is 1. The summed E-state index contributed by atoms with van der Waals surface area (Å²) >= 11 is 0. The fraction of sp³-hybridized carbons (Fsp3) is 0.714. The van der Waals surface area contributed by atoms with Crippen LogP contribution in [0.25, 0.3) is 0 Å². The van der Waals surface area contributed by atoms with Crippen LogP contribution in [0.3, 0.4) is 0 Å². The highest BCUT2D eigenvalue weighted by molar-refractivity contribution is 5.69. The number of carbonyl (C=O) groups excluding carboxylic acids is 2. The van der Waals surface area contributed by atoms with Crippen molar-refractivity contribution in [3.8, 4) is 5.75 Å². The second kappa shape index (κ2) is 19.7. The van der Waals surface area contributed by atoms with Crippen LogP contribution in [0.5, 0.6) is 5.75 Å². The number of unbranched alkanes of at least 4 members (excludes halogenated alkanes) is 3. The molecule has 1 N–H and O–H groups in total. The summed E-state index contributed by atoms with van der Waals surface area (Å²) in [6.45, 7) is 11.5. The number of rotatable bonds is 20. The summed E-state index contributed by atoms with van der Waals surface area (Å²) in [6, 6.07) is 7.59. The fourth-order valence-electron chi connectivity index (χ4n) is 3.25. The summed E-state index contributed by atoms with van der Waals surface area (Å²) in [5.74, 6) is 0.582. The van der Waals surface area contributed by atoms with Gasteiger partial charge in [0.25, 0.3) is 0 Å². The Labute approximate surface area is 222 Å². The van der Waals surface area contributed by atoms with Crippen molar-refractivity contribution in [1.82, 2.24) is 5.32 Å². The Morgan fingerprint density at radius 1 is 0.838 bits per heavy atom. The molecule has 9 heteroatoms. The number of methoxy groups -OCH3 is 1. The molecule has 1 aromatic rings. The van der Waals surface area contributed by atoms with E-state index in [0.717, 1.165) is 43.6 Å². The van der Waals surface area contributed by atoms with E-state index in [1.807, 2.05) is 52.0 Å². The molecule has 1 aromatic carbocycles. The van der Waals surface area contributed by atoms with E-state index < -0.39 is 11.7 Å². The van der Waals surface area contributed by atoms with Crippen molar-refractivity contribution in [3.63, 3.8) is 0 Å². The third-order valence-corrected chi connectivity index (χ3v) is 5.18. The molecule has 0 saturated carbocycles. The average Bonchev–Trinajstić information content (AvgIpc) is 2.84. The SMILES string of the molecule is COC(=O)CCCOCCOCCOCCCCCCOc1cccc([C@H](C)NC(=O)OC(C)(C)C)c1.